The minimum atomic E-state index is -0.188. The molecule has 0 fully saturated rings. The highest BCUT2D eigenvalue weighted by Crippen LogP contribution is 2.18. The fourth-order valence-electron chi connectivity index (χ4n) is 1.81. The van der Waals surface area contributed by atoms with Crippen molar-refractivity contribution in [3.8, 4) is 0 Å². The summed E-state index contributed by atoms with van der Waals surface area (Å²) < 4.78 is 5.47. The van der Waals surface area contributed by atoms with Crippen molar-refractivity contribution in [1.29, 1.82) is 0 Å². The van der Waals surface area contributed by atoms with Gasteiger partial charge in [0.2, 0.25) is 0 Å². The Morgan fingerprint density at radius 1 is 1.32 bits per heavy atom. The van der Waals surface area contributed by atoms with E-state index >= 15 is 0 Å². The average molecular weight is 276 g/mol. The fraction of sp³-hybridized carbons (Fsp3) is 0.286. The Labute approximate surface area is 117 Å². The lowest BCUT2D eigenvalue weighted by Crippen LogP contribution is -2.24. The van der Waals surface area contributed by atoms with E-state index in [1.54, 1.807) is 6.07 Å². The van der Waals surface area contributed by atoms with E-state index in [4.69, 9.17) is 22.4 Å². The van der Waals surface area contributed by atoms with E-state index in [9.17, 15) is 4.79 Å². The number of carbonyl (C=O) groups is 1. The van der Waals surface area contributed by atoms with Crippen LogP contribution in [0.3, 0.4) is 0 Å². The second-order valence-corrected chi connectivity index (χ2v) is 4.85. The molecular weight excluding hydrogens is 260 g/mol. The number of nitrogens with two attached hydrogens (primary N) is 1. The summed E-state index contributed by atoms with van der Waals surface area (Å²) in [6, 6.07) is 9.30. The maximum atomic E-state index is 11.9. The molecule has 0 bridgehead atoms. The van der Waals surface area contributed by atoms with Crippen molar-refractivity contribution in [2.24, 2.45) is 5.73 Å². The Kier molecular flexibility index (Phi) is 4.52. The second kappa shape index (κ2) is 6.33. The molecule has 1 aromatic carbocycles. The van der Waals surface area contributed by atoms with Gasteiger partial charge < -0.3 is 15.5 Å². The summed E-state index contributed by atoms with van der Waals surface area (Å²) in [5.74, 6) is 0.155. The summed E-state index contributed by atoms with van der Waals surface area (Å²) in [5.41, 5.74) is 6.12. The van der Waals surface area contributed by atoms with Gasteiger partial charge in [0.05, 0.1) is 4.99 Å². The zero-order valence-corrected chi connectivity index (χ0v) is 11.3. The molecule has 1 amide bonds. The molecule has 0 unspecified atom stereocenters. The molecule has 2 rings (SSSR count). The standard InChI is InChI=1S/C14H16N2O2S/c15-13(19)7-3-4-8-16-14(17)12-9-10-5-1-2-6-11(10)18-12/h1-2,5-6,9H,3-4,7-8H2,(H2,15,19)(H,16,17). The van der Waals surface area contributed by atoms with Gasteiger partial charge in [0.15, 0.2) is 5.76 Å². The van der Waals surface area contributed by atoms with Crippen molar-refractivity contribution in [2.75, 3.05) is 6.54 Å². The molecular formula is C14H16N2O2S. The lowest BCUT2D eigenvalue weighted by Gasteiger charge is -2.02. The number of amides is 1. The largest absolute Gasteiger partial charge is 0.451 e. The Morgan fingerprint density at radius 3 is 2.84 bits per heavy atom. The number of para-hydroxylation sites is 1. The van der Waals surface area contributed by atoms with E-state index in [-0.39, 0.29) is 5.91 Å². The van der Waals surface area contributed by atoms with Crippen LogP contribution >= 0.6 is 12.2 Å². The van der Waals surface area contributed by atoms with Gasteiger partial charge in [0, 0.05) is 11.9 Å². The molecule has 4 nitrogen and oxygen atoms in total. The highest BCUT2D eigenvalue weighted by atomic mass is 32.1. The first-order valence-corrected chi connectivity index (χ1v) is 6.63. The van der Waals surface area contributed by atoms with Gasteiger partial charge in [-0.2, -0.15) is 0 Å². The fourth-order valence-corrected chi connectivity index (χ4v) is 1.95. The van der Waals surface area contributed by atoms with Crippen LogP contribution in [0.15, 0.2) is 34.7 Å². The van der Waals surface area contributed by atoms with Crippen LogP contribution in [0.5, 0.6) is 0 Å². The summed E-state index contributed by atoms with van der Waals surface area (Å²) >= 11 is 4.79. The number of hydrogen-bond donors (Lipinski definition) is 2. The van der Waals surface area contributed by atoms with Crippen molar-refractivity contribution in [3.05, 3.63) is 36.1 Å². The molecule has 100 valence electrons. The predicted octanol–water partition coefficient (Wildman–Crippen LogP) is 2.62. The van der Waals surface area contributed by atoms with Crippen molar-refractivity contribution >= 4 is 34.1 Å². The first-order valence-electron chi connectivity index (χ1n) is 6.22. The third-order valence-corrected chi connectivity index (χ3v) is 2.99. The van der Waals surface area contributed by atoms with E-state index in [0.29, 0.717) is 17.3 Å². The minimum absolute atomic E-state index is 0.188. The quantitative estimate of drug-likeness (QED) is 0.628. The van der Waals surface area contributed by atoms with Crippen molar-refractivity contribution in [3.63, 3.8) is 0 Å². The molecule has 2 aromatic rings. The monoisotopic (exact) mass is 276 g/mol. The molecule has 0 aliphatic heterocycles. The van der Waals surface area contributed by atoms with Crippen LogP contribution in [0.25, 0.3) is 11.0 Å². The third-order valence-electron chi connectivity index (χ3n) is 2.78. The van der Waals surface area contributed by atoms with Gasteiger partial charge in [0.25, 0.3) is 5.91 Å². The molecule has 0 aliphatic carbocycles. The number of furan rings is 1. The Hall–Kier alpha value is -1.88. The lowest BCUT2D eigenvalue weighted by molar-refractivity contribution is 0.0927. The number of fused-ring (bicyclic) bond motifs is 1. The van der Waals surface area contributed by atoms with Crippen LogP contribution in [0.1, 0.15) is 29.8 Å². The molecule has 19 heavy (non-hydrogen) atoms. The van der Waals surface area contributed by atoms with E-state index in [1.807, 2.05) is 24.3 Å². The van der Waals surface area contributed by atoms with Gasteiger partial charge in [-0.25, -0.2) is 0 Å². The molecule has 0 saturated carbocycles. The maximum absolute atomic E-state index is 11.9. The van der Waals surface area contributed by atoms with E-state index in [0.717, 1.165) is 30.2 Å². The normalized spacial score (nSPS) is 10.5. The van der Waals surface area contributed by atoms with Crippen LogP contribution in [0, 0.1) is 0 Å². The van der Waals surface area contributed by atoms with Crippen LogP contribution in [-0.2, 0) is 0 Å². The number of nitrogens with one attached hydrogen (secondary N) is 1. The van der Waals surface area contributed by atoms with Crippen molar-refractivity contribution in [2.45, 2.75) is 19.3 Å². The highest BCUT2D eigenvalue weighted by molar-refractivity contribution is 7.80. The molecule has 0 spiro atoms. The first kappa shape index (κ1) is 13.5. The highest BCUT2D eigenvalue weighted by Gasteiger charge is 2.10. The minimum Gasteiger partial charge on any atom is -0.451 e. The Morgan fingerprint density at radius 2 is 2.11 bits per heavy atom. The van der Waals surface area contributed by atoms with Gasteiger partial charge >= 0.3 is 0 Å². The Bertz CT molecular complexity index is 559. The molecule has 1 heterocycles. The van der Waals surface area contributed by atoms with Gasteiger partial charge in [-0.3, -0.25) is 4.79 Å². The van der Waals surface area contributed by atoms with Gasteiger partial charge in [-0.1, -0.05) is 30.4 Å². The van der Waals surface area contributed by atoms with Crippen LogP contribution in [0.2, 0.25) is 0 Å². The first-order chi connectivity index (χ1) is 9.16. The zero-order chi connectivity index (χ0) is 13.7. The molecule has 0 saturated heterocycles. The van der Waals surface area contributed by atoms with Gasteiger partial charge in [0.1, 0.15) is 5.58 Å². The summed E-state index contributed by atoms with van der Waals surface area (Å²) in [6.07, 6.45) is 2.45. The third kappa shape index (κ3) is 3.79. The molecule has 0 atom stereocenters. The van der Waals surface area contributed by atoms with E-state index in [2.05, 4.69) is 5.32 Å². The number of carbonyl (C=O) groups excluding carboxylic acids is 1. The van der Waals surface area contributed by atoms with Gasteiger partial charge in [-0.05, 0) is 31.4 Å². The van der Waals surface area contributed by atoms with Crippen molar-refractivity contribution < 1.29 is 9.21 Å². The van der Waals surface area contributed by atoms with Crippen LogP contribution in [0.4, 0.5) is 0 Å². The summed E-state index contributed by atoms with van der Waals surface area (Å²) in [6.45, 7) is 0.596. The maximum Gasteiger partial charge on any atom is 0.287 e. The number of rotatable bonds is 6. The molecule has 1 aromatic heterocycles. The van der Waals surface area contributed by atoms with E-state index in [1.165, 1.54) is 0 Å². The predicted molar refractivity (Wildman–Crippen MR) is 79.2 cm³/mol. The number of hydrogen-bond acceptors (Lipinski definition) is 3. The zero-order valence-electron chi connectivity index (χ0n) is 10.5. The SMILES string of the molecule is NC(=S)CCCCNC(=O)c1cc2ccccc2o1. The summed E-state index contributed by atoms with van der Waals surface area (Å²) in [7, 11) is 0. The van der Waals surface area contributed by atoms with Gasteiger partial charge in [-0.15, -0.1) is 0 Å². The Balaban J connectivity index is 1.84. The number of unbranched alkanes of at least 4 members (excludes halogenated alkanes) is 1. The molecule has 0 radical (unpaired) electrons. The number of thiocarbonyl (C=S) groups is 1. The average Bonchev–Trinajstić information content (AvgIpc) is 2.81. The second-order valence-electron chi connectivity index (χ2n) is 4.33. The van der Waals surface area contributed by atoms with Crippen LogP contribution < -0.4 is 11.1 Å². The molecule has 5 heteroatoms. The van der Waals surface area contributed by atoms with Crippen molar-refractivity contribution in [1.82, 2.24) is 5.32 Å². The smallest absolute Gasteiger partial charge is 0.287 e. The summed E-state index contributed by atoms with van der Waals surface area (Å²) in [5, 5.41) is 3.75. The molecule has 3 N–H and O–H groups in total. The topological polar surface area (TPSA) is 68.3 Å². The lowest BCUT2D eigenvalue weighted by atomic mass is 10.2. The number of benzene rings is 1. The summed E-state index contributed by atoms with van der Waals surface area (Å²) in [4.78, 5) is 12.4. The van der Waals surface area contributed by atoms with Crippen LogP contribution in [-0.4, -0.2) is 17.4 Å². The molecule has 0 aliphatic rings. The van der Waals surface area contributed by atoms with E-state index < -0.39 is 0 Å².